The normalized spacial score (nSPS) is 14.5. The molecule has 7 nitrogen and oxygen atoms in total. The van der Waals surface area contributed by atoms with Gasteiger partial charge in [0.1, 0.15) is 5.82 Å². The topological polar surface area (TPSA) is 79.5 Å². The third-order valence-corrected chi connectivity index (χ3v) is 4.38. The van der Waals surface area contributed by atoms with E-state index in [9.17, 15) is 14.0 Å². The maximum atomic E-state index is 12.9. The Morgan fingerprint density at radius 3 is 2.38 bits per heavy atom. The largest absolute Gasteiger partial charge is 0.408 e. The molecule has 1 saturated heterocycles. The number of carbonyl (C=O) groups is 2. The van der Waals surface area contributed by atoms with Crippen LogP contribution >= 0.6 is 0 Å². The molecule has 0 bridgehead atoms. The summed E-state index contributed by atoms with van der Waals surface area (Å²) in [5.74, 6) is 0.114. The predicted octanol–water partition coefficient (Wildman–Crippen LogP) is 2.22. The zero-order valence-corrected chi connectivity index (χ0v) is 14.7. The van der Waals surface area contributed by atoms with Crippen LogP contribution in [0.2, 0.25) is 0 Å². The number of nitrogens with zero attached hydrogens (tertiary/aromatic N) is 4. The molecule has 1 fully saturated rings. The highest BCUT2D eigenvalue weighted by molar-refractivity contribution is 5.96. The van der Waals surface area contributed by atoms with Crippen molar-refractivity contribution in [2.75, 3.05) is 31.1 Å². The molecule has 0 N–H and O–H groups in total. The second-order valence-electron chi connectivity index (χ2n) is 6.26. The van der Waals surface area contributed by atoms with Crippen molar-refractivity contribution < 1.29 is 18.4 Å². The molecule has 1 aliphatic rings. The van der Waals surface area contributed by atoms with Gasteiger partial charge in [0.05, 0.1) is 0 Å². The monoisotopic (exact) mass is 360 g/mol. The van der Waals surface area contributed by atoms with E-state index in [2.05, 4.69) is 10.2 Å². The lowest BCUT2D eigenvalue weighted by molar-refractivity contribution is -0.131. The molecule has 3 rings (SSSR count). The minimum atomic E-state index is -0.369. The molecule has 0 spiro atoms. The van der Waals surface area contributed by atoms with Gasteiger partial charge in [-0.3, -0.25) is 9.59 Å². The lowest BCUT2D eigenvalue weighted by Gasteiger charge is -2.33. The van der Waals surface area contributed by atoms with Crippen LogP contribution in [0.4, 0.5) is 10.4 Å². The number of rotatable bonds is 6. The van der Waals surface area contributed by atoms with E-state index in [0.29, 0.717) is 56.5 Å². The van der Waals surface area contributed by atoms with Gasteiger partial charge in [0.15, 0.2) is 5.78 Å². The van der Waals surface area contributed by atoms with Crippen molar-refractivity contribution in [2.45, 2.75) is 26.2 Å². The number of benzene rings is 1. The molecule has 2 aromatic rings. The second-order valence-corrected chi connectivity index (χ2v) is 6.26. The van der Waals surface area contributed by atoms with Gasteiger partial charge in [-0.05, 0) is 30.7 Å². The molecule has 8 heteroatoms. The maximum absolute atomic E-state index is 12.9. The highest BCUT2D eigenvalue weighted by Crippen LogP contribution is 2.15. The minimum absolute atomic E-state index is 0.0401. The van der Waals surface area contributed by atoms with Crippen LogP contribution in [-0.2, 0) is 4.79 Å². The van der Waals surface area contributed by atoms with Crippen molar-refractivity contribution in [1.82, 2.24) is 15.1 Å². The van der Waals surface area contributed by atoms with Crippen molar-refractivity contribution in [3.8, 4) is 0 Å². The molecule has 2 heterocycles. The Morgan fingerprint density at radius 2 is 1.77 bits per heavy atom. The minimum Gasteiger partial charge on any atom is -0.408 e. The van der Waals surface area contributed by atoms with E-state index in [4.69, 9.17) is 4.42 Å². The van der Waals surface area contributed by atoms with Crippen LogP contribution in [0.5, 0.6) is 0 Å². The van der Waals surface area contributed by atoms with Crippen LogP contribution in [-0.4, -0.2) is 53.0 Å². The maximum Gasteiger partial charge on any atom is 0.318 e. The van der Waals surface area contributed by atoms with E-state index in [1.54, 1.807) is 11.8 Å². The van der Waals surface area contributed by atoms with Crippen molar-refractivity contribution >= 4 is 17.7 Å². The number of piperazine rings is 1. The van der Waals surface area contributed by atoms with Crippen LogP contribution < -0.4 is 4.90 Å². The summed E-state index contributed by atoms with van der Waals surface area (Å²) in [5.41, 5.74) is 0.474. The fourth-order valence-electron chi connectivity index (χ4n) is 2.90. The number of aromatic nitrogens is 2. The number of hydrogen-bond acceptors (Lipinski definition) is 6. The van der Waals surface area contributed by atoms with E-state index in [1.807, 2.05) is 4.90 Å². The van der Waals surface area contributed by atoms with Crippen LogP contribution in [0, 0.1) is 12.7 Å². The SMILES string of the molecule is Cc1nnc(N2CCN(C(=O)CCCC(=O)c3ccc(F)cc3)CC2)o1. The number of aryl methyl sites for hydroxylation is 1. The summed E-state index contributed by atoms with van der Waals surface area (Å²) in [5, 5.41) is 7.80. The zero-order valence-electron chi connectivity index (χ0n) is 14.7. The third-order valence-electron chi connectivity index (χ3n) is 4.38. The first kappa shape index (κ1) is 18.0. The summed E-state index contributed by atoms with van der Waals surface area (Å²) in [6.07, 6.45) is 1.09. The Hall–Kier alpha value is -2.77. The Morgan fingerprint density at radius 1 is 1.08 bits per heavy atom. The van der Waals surface area contributed by atoms with Gasteiger partial charge in [-0.2, -0.15) is 0 Å². The Balaban J connectivity index is 1.40. The molecule has 0 radical (unpaired) electrons. The summed E-state index contributed by atoms with van der Waals surface area (Å²) in [7, 11) is 0. The fourth-order valence-corrected chi connectivity index (χ4v) is 2.90. The van der Waals surface area contributed by atoms with Crippen molar-refractivity contribution in [1.29, 1.82) is 0 Å². The van der Waals surface area contributed by atoms with Crippen molar-refractivity contribution in [2.24, 2.45) is 0 Å². The molecule has 26 heavy (non-hydrogen) atoms. The molecule has 0 unspecified atom stereocenters. The van der Waals surface area contributed by atoms with Gasteiger partial charge in [0.2, 0.25) is 11.8 Å². The molecule has 1 aliphatic heterocycles. The number of halogens is 1. The molecule has 0 atom stereocenters. The molecule has 1 amide bonds. The summed E-state index contributed by atoms with van der Waals surface area (Å²) in [6, 6.07) is 5.96. The zero-order chi connectivity index (χ0) is 18.5. The van der Waals surface area contributed by atoms with E-state index in [1.165, 1.54) is 24.3 Å². The van der Waals surface area contributed by atoms with Gasteiger partial charge < -0.3 is 14.2 Å². The van der Waals surface area contributed by atoms with Crippen molar-refractivity contribution in [3.63, 3.8) is 0 Å². The summed E-state index contributed by atoms with van der Waals surface area (Å²) in [6.45, 7) is 4.20. The quantitative estimate of drug-likeness (QED) is 0.735. The first-order valence-electron chi connectivity index (χ1n) is 8.64. The van der Waals surface area contributed by atoms with E-state index >= 15 is 0 Å². The van der Waals surface area contributed by atoms with Gasteiger partial charge in [-0.15, -0.1) is 5.10 Å². The van der Waals surface area contributed by atoms with Crippen LogP contribution in [0.25, 0.3) is 0 Å². The average molecular weight is 360 g/mol. The molecular formula is C18H21FN4O3. The smallest absolute Gasteiger partial charge is 0.318 e. The Kier molecular flexibility index (Phi) is 5.60. The number of Topliss-reactive ketones (excluding diaryl/α,β-unsaturated/α-hetero) is 1. The van der Waals surface area contributed by atoms with Gasteiger partial charge in [0.25, 0.3) is 0 Å². The van der Waals surface area contributed by atoms with Gasteiger partial charge >= 0.3 is 6.01 Å². The summed E-state index contributed by atoms with van der Waals surface area (Å²) < 4.78 is 18.3. The van der Waals surface area contributed by atoms with Gasteiger partial charge in [0, 0.05) is 51.5 Å². The third kappa shape index (κ3) is 4.44. The van der Waals surface area contributed by atoms with Crippen LogP contribution in [0.15, 0.2) is 28.7 Å². The number of anilines is 1. The summed E-state index contributed by atoms with van der Waals surface area (Å²) >= 11 is 0. The average Bonchev–Trinajstić information content (AvgIpc) is 3.08. The van der Waals surface area contributed by atoms with Crippen molar-refractivity contribution in [3.05, 3.63) is 41.5 Å². The summed E-state index contributed by atoms with van der Waals surface area (Å²) in [4.78, 5) is 28.1. The Labute approximate surface area is 150 Å². The molecule has 1 aromatic carbocycles. The van der Waals surface area contributed by atoms with Gasteiger partial charge in [-0.25, -0.2) is 4.39 Å². The highest BCUT2D eigenvalue weighted by Gasteiger charge is 2.23. The molecule has 1 aromatic heterocycles. The number of ketones is 1. The standard InChI is InChI=1S/C18H21FN4O3/c1-13-20-21-18(26-13)23-11-9-22(10-12-23)17(25)4-2-3-16(24)14-5-7-15(19)8-6-14/h5-8H,2-4,9-12H2,1H3. The first-order chi connectivity index (χ1) is 12.5. The predicted molar refractivity (Wildman–Crippen MR) is 92.4 cm³/mol. The first-order valence-corrected chi connectivity index (χ1v) is 8.64. The Bertz CT molecular complexity index is 767. The fraction of sp³-hybridized carbons (Fsp3) is 0.444. The van der Waals surface area contributed by atoms with Gasteiger partial charge in [-0.1, -0.05) is 5.10 Å². The number of carbonyl (C=O) groups excluding carboxylic acids is 2. The van der Waals surface area contributed by atoms with E-state index < -0.39 is 0 Å². The van der Waals surface area contributed by atoms with E-state index in [-0.39, 0.29) is 23.9 Å². The molecule has 138 valence electrons. The van der Waals surface area contributed by atoms with Crippen LogP contribution in [0.3, 0.4) is 0 Å². The van der Waals surface area contributed by atoms with E-state index in [0.717, 1.165) is 0 Å². The number of hydrogen-bond donors (Lipinski definition) is 0. The number of amides is 1. The molecular weight excluding hydrogens is 339 g/mol. The lowest BCUT2D eigenvalue weighted by Crippen LogP contribution is -2.48. The lowest BCUT2D eigenvalue weighted by atomic mass is 10.1. The molecule has 0 aliphatic carbocycles. The highest BCUT2D eigenvalue weighted by atomic mass is 19.1. The second kappa shape index (κ2) is 8.07. The molecule has 0 saturated carbocycles. The van der Waals surface area contributed by atoms with Crippen LogP contribution in [0.1, 0.15) is 35.5 Å².